The largest absolute Gasteiger partial charge is 0.0851 e. The van der Waals surface area contributed by atoms with E-state index in [9.17, 15) is 0 Å². The molecule has 0 atom stereocenters. The van der Waals surface area contributed by atoms with Gasteiger partial charge in [-0.25, -0.2) is 0 Å². The van der Waals surface area contributed by atoms with Crippen molar-refractivity contribution in [3.63, 3.8) is 0 Å². The van der Waals surface area contributed by atoms with Crippen molar-refractivity contribution in [3.8, 4) is 0 Å². The van der Waals surface area contributed by atoms with Crippen LogP contribution in [0.3, 0.4) is 0 Å². The van der Waals surface area contributed by atoms with Gasteiger partial charge in [0.05, 0.1) is 0 Å². The van der Waals surface area contributed by atoms with E-state index in [0.29, 0.717) is 0 Å². The molecule has 2 aliphatic carbocycles. The normalized spacial score (nSPS) is 26.6. The van der Waals surface area contributed by atoms with Gasteiger partial charge in [-0.05, 0) is 44.4 Å². The summed E-state index contributed by atoms with van der Waals surface area (Å²) in [6, 6.07) is 0. The molecule has 0 amide bonds. The zero-order chi connectivity index (χ0) is 8.93. The molecule has 0 spiro atoms. The van der Waals surface area contributed by atoms with Crippen LogP contribution in [0, 0.1) is 5.92 Å². The minimum atomic E-state index is 0.998. The van der Waals surface area contributed by atoms with Crippen molar-refractivity contribution in [3.05, 3.63) is 11.6 Å². The first-order valence-corrected chi connectivity index (χ1v) is 6.16. The summed E-state index contributed by atoms with van der Waals surface area (Å²) >= 11 is 0. The molecule has 0 heteroatoms. The van der Waals surface area contributed by atoms with Gasteiger partial charge in [0.25, 0.3) is 0 Å². The van der Waals surface area contributed by atoms with E-state index < -0.39 is 0 Å². The van der Waals surface area contributed by atoms with Gasteiger partial charge in [0.2, 0.25) is 0 Å². The van der Waals surface area contributed by atoms with Crippen LogP contribution < -0.4 is 0 Å². The smallest absolute Gasteiger partial charge is 0.0203 e. The Balaban J connectivity index is 1.93. The summed E-state index contributed by atoms with van der Waals surface area (Å²) in [6.45, 7) is 0. The van der Waals surface area contributed by atoms with Crippen LogP contribution in [0.1, 0.15) is 64.2 Å². The molecule has 0 N–H and O–H groups in total. The van der Waals surface area contributed by atoms with Gasteiger partial charge < -0.3 is 0 Å². The number of hydrogen-bond acceptors (Lipinski definition) is 0. The van der Waals surface area contributed by atoms with Crippen LogP contribution in [0.25, 0.3) is 0 Å². The fourth-order valence-corrected chi connectivity index (χ4v) is 2.88. The first-order valence-electron chi connectivity index (χ1n) is 6.16. The molecule has 1 saturated carbocycles. The number of hydrogen-bond donors (Lipinski definition) is 0. The van der Waals surface area contributed by atoms with E-state index >= 15 is 0 Å². The molecule has 13 heavy (non-hydrogen) atoms. The zero-order valence-corrected chi connectivity index (χ0v) is 8.73. The monoisotopic (exact) mass is 178 g/mol. The molecule has 0 radical (unpaired) electrons. The first-order chi connectivity index (χ1) is 6.47. The molecule has 2 rings (SSSR count). The highest BCUT2D eigenvalue weighted by Gasteiger charge is 2.18. The summed E-state index contributed by atoms with van der Waals surface area (Å²) in [5, 5.41) is 0. The third-order valence-electron chi connectivity index (χ3n) is 3.71. The van der Waals surface area contributed by atoms with Gasteiger partial charge >= 0.3 is 0 Å². The molecule has 0 aromatic rings. The lowest BCUT2D eigenvalue weighted by Gasteiger charge is -2.16. The van der Waals surface area contributed by atoms with Crippen molar-refractivity contribution in [2.75, 3.05) is 0 Å². The lowest BCUT2D eigenvalue weighted by atomic mass is 9.89. The van der Waals surface area contributed by atoms with E-state index in [1.54, 1.807) is 0 Å². The molecule has 0 nitrogen and oxygen atoms in total. The molecular formula is C13H22. The Bertz CT molecular complexity index is 172. The Kier molecular flexibility index (Phi) is 3.46. The maximum atomic E-state index is 2.58. The fourth-order valence-electron chi connectivity index (χ4n) is 2.88. The molecular weight excluding hydrogens is 156 g/mol. The third kappa shape index (κ3) is 2.59. The molecule has 0 bridgehead atoms. The lowest BCUT2D eigenvalue weighted by molar-refractivity contribution is 0.553. The molecule has 1 fully saturated rings. The van der Waals surface area contributed by atoms with E-state index in [0.717, 1.165) is 5.92 Å². The van der Waals surface area contributed by atoms with Gasteiger partial charge in [-0.3, -0.25) is 0 Å². The fraction of sp³-hybridized carbons (Fsp3) is 0.846. The lowest BCUT2D eigenvalue weighted by Crippen LogP contribution is -2.00. The van der Waals surface area contributed by atoms with Crippen molar-refractivity contribution >= 4 is 0 Å². The molecule has 0 aromatic carbocycles. The predicted molar refractivity (Wildman–Crippen MR) is 57.7 cm³/mol. The van der Waals surface area contributed by atoms with Crippen LogP contribution in [-0.4, -0.2) is 0 Å². The average molecular weight is 178 g/mol. The topological polar surface area (TPSA) is 0 Å². The van der Waals surface area contributed by atoms with Gasteiger partial charge in [0.15, 0.2) is 0 Å². The van der Waals surface area contributed by atoms with Crippen molar-refractivity contribution in [2.24, 2.45) is 5.92 Å². The van der Waals surface area contributed by atoms with E-state index in [4.69, 9.17) is 0 Å². The molecule has 0 aliphatic heterocycles. The zero-order valence-electron chi connectivity index (χ0n) is 8.73. The molecule has 0 saturated heterocycles. The highest BCUT2D eigenvalue weighted by molar-refractivity contribution is 5.08. The van der Waals surface area contributed by atoms with Crippen molar-refractivity contribution in [1.29, 1.82) is 0 Å². The van der Waals surface area contributed by atoms with Gasteiger partial charge in [-0.1, -0.05) is 37.3 Å². The van der Waals surface area contributed by atoms with Gasteiger partial charge in [-0.2, -0.15) is 0 Å². The summed E-state index contributed by atoms with van der Waals surface area (Å²) in [5.41, 5.74) is 1.83. The van der Waals surface area contributed by atoms with Crippen LogP contribution in [0.2, 0.25) is 0 Å². The Morgan fingerprint density at radius 1 is 0.846 bits per heavy atom. The molecule has 0 heterocycles. The van der Waals surface area contributed by atoms with E-state index in [2.05, 4.69) is 6.08 Å². The Morgan fingerprint density at radius 3 is 2.46 bits per heavy atom. The molecule has 2 aliphatic rings. The highest BCUT2D eigenvalue weighted by atomic mass is 14.2. The van der Waals surface area contributed by atoms with Crippen LogP contribution in [0.15, 0.2) is 11.6 Å². The van der Waals surface area contributed by atoms with Crippen LogP contribution in [0.5, 0.6) is 0 Å². The summed E-state index contributed by atoms with van der Waals surface area (Å²) in [5.74, 6) is 0.998. The highest BCUT2D eigenvalue weighted by Crippen LogP contribution is 2.34. The molecule has 0 aromatic heterocycles. The van der Waals surface area contributed by atoms with Gasteiger partial charge in [-0.15, -0.1) is 0 Å². The predicted octanol–water partition coefficient (Wildman–Crippen LogP) is 4.46. The summed E-state index contributed by atoms with van der Waals surface area (Å²) in [4.78, 5) is 0. The minimum absolute atomic E-state index is 0.998. The average Bonchev–Trinajstić information content (AvgIpc) is 2.55. The van der Waals surface area contributed by atoms with Crippen LogP contribution in [0.4, 0.5) is 0 Å². The number of allylic oxidation sites excluding steroid dienone is 2. The van der Waals surface area contributed by atoms with Gasteiger partial charge in [0.1, 0.15) is 0 Å². The van der Waals surface area contributed by atoms with Crippen molar-refractivity contribution in [1.82, 2.24) is 0 Å². The maximum Gasteiger partial charge on any atom is -0.0203 e. The minimum Gasteiger partial charge on any atom is -0.0851 e. The van der Waals surface area contributed by atoms with Gasteiger partial charge in [0, 0.05) is 0 Å². The van der Waals surface area contributed by atoms with Crippen LogP contribution in [-0.2, 0) is 0 Å². The van der Waals surface area contributed by atoms with E-state index in [1.807, 2.05) is 5.57 Å². The molecule has 74 valence electrons. The summed E-state index contributed by atoms with van der Waals surface area (Å²) < 4.78 is 0. The standard InChI is InChI=1S/C13H22/c1-2-4-8-12(9-5-3-1)13-10-6-7-11-13/h8,13H,1-7,9-11H2. The van der Waals surface area contributed by atoms with Crippen LogP contribution >= 0.6 is 0 Å². The van der Waals surface area contributed by atoms with E-state index in [1.165, 1.54) is 64.2 Å². The molecule has 0 unspecified atom stereocenters. The number of rotatable bonds is 1. The maximum absolute atomic E-state index is 2.58. The summed E-state index contributed by atoms with van der Waals surface area (Å²) in [6.07, 6.45) is 17.2. The SMILES string of the molecule is C1=C(C2CCCC2)CCCCCC1. The van der Waals surface area contributed by atoms with E-state index in [-0.39, 0.29) is 0 Å². The third-order valence-corrected chi connectivity index (χ3v) is 3.71. The second-order valence-electron chi connectivity index (χ2n) is 4.71. The first kappa shape index (κ1) is 9.30. The summed E-state index contributed by atoms with van der Waals surface area (Å²) in [7, 11) is 0. The quantitative estimate of drug-likeness (QED) is 0.520. The van der Waals surface area contributed by atoms with Crippen molar-refractivity contribution < 1.29 is 0 Å². The Labute approximate surface area is 82.4 Å². The van der Waals surface area contributed by atoms with Crippen molar-refractivity contribution in [2.45, 2.75) is 64.2 Å². The Morgan fingerprint density at radius 2 is 1.62 bits per heavy atom. The Hall–Kier alpha value is -0.260. The second-order valence-corrected chi connectivity index (χ2v) is 4.71. The second kappa shape index (κ2) is 4.83.